The van der Waals surface area contributed by atoms with Crippen molar-refractivity contribution in [2.45, 2.75) is 36.8 Å². The van der Waals surface area contributed by atoms with Crippen molar-refractivity contribution in [3.63, 3.8) is 0 Å². The van der Waals surface area contributed by atoms with Crippen molar-refractivity contribution in [1.29, 1.82) is 0 Å². The number of hydrogen-bond acceptors (Lipinski definition) is 6. The van der Waals surface area contributed by atoms with Gasteiger partial charge in [-0.15, -0.1) is 0 Å². The second-order valence-corrected chi connectivity index (χ2v) is 13.4. The van der Waals surface area contributed by atoms with Gasteiger partial charge in [0, 0.05) is 25.7 Å². The number of fused-ring (bicyclic) bond motifs is 4. The van der Waals surface area contributed by atoms with Crippen molar-refractivity contribution in [2.24, 2.45) is 11.5 Å². The standard InChI is InChI=1S/C40H36N10/c41-39(21-35-43-27-12-1-2-13-28(27)44-35,22-36-45-29-14-3-4-15-30(29)46-36)25-10-9-11-26(20-25)40(42,23-37-47-31-16-5-6-17-32(31)48-37)24-38-49-33-18-7-8-19-34(33)50-38/h1-20H,21-24,41-42H2,(H,43,44)(H,45,46)(H,47,48)(H,49,50). The molecule has 0 spiro atoms. The van der Waals surface area contributed by atoms with E-state index in [1.807, 2.05) is 103 Å². The van der Waals surface area contributed by atoms with Gasteiger partial charge in [-0.2, -0.15) is 0 Å². The molecule has 50 heavy (non-hydrogen) atoms. The van der Waals surface area contributed by atoms with E-state index in [0.717, 1.165) is 78.6 Å². The lowest BCUT2D eigenvalue weighted by Gasteiger charge is -2.33. The van der Waals surface area contributed by atoms with Gasteiger partial charge in [-0.05, 0) is 59.7 Å². The highest BCUT2D eigenvalue weighted by atomic mass is 15.0. The van der Waals surface area contributed by atoms with Crippen LogP contribution in [0.4, 0.5) is 0 Å². The van der Waals surface area contributed by atoms with Gasteiger partial charge < -0.3 is 31.4 Å². The molecule has 0 radical (unpaired) electrons. The molecule has 0 fully saturated rings. The van der Waals surface area contributed by atoms with Gasteiger partial charge in [-0.1, -0.05) is 72.8 Å². The van der Waals surface area contributed by atoms with Gasteiger partial charge in [-0.25, -0.2) is 19.9 Å². The molecule has 0 unspecified atom stereocenters. The van der Waals surface area contributed by atoms with E-state index in [9.17, 15) is 0 Å². The summed E-state index contributed by atoms with van der Waals surface area (Å²) in [7, 11) is 0. The van der Waals surface area contributed by atoms with Crippen LogP contribution in [0.1, 0.15) is 34.4 Å². The molecule has 0 atom stereocenters. The SMILES string of the molecule is NC(Cc1nc2ccccc2[nH]1)(Cc1nc2ccccc2[nH]1)c1cccc(C(N)(Cc2nc3ccccc3[nH]2)Cc2nc3ccccc3[nH]2)c1. The highest BCUT2D eigenvalue weighted by molar-refractivity contribution is 5.77. The van der Waals surface area contributed by atoms with Gasteiger partial charge in [-0.3, -0.25) is 0 Å². The average Bonchev–Trinajstić information content (AvgIpc) is 3.91. The Balaban J connectivity index is 1.14. The molecule has 4 heterocycles. The molecule has 8 N–H and O–H groups in total. The molecule has 9 aromatic rings. The van der Waals surface area contributed by atoms with Crippen LogP contribution in [0.15, 0.2) is 121 Å². The highest BCUT2D eigenvalue weighted by Gasteiger charge is 2.35. The first-order chi connectivity index (χ1) is 24.4. The number of nitrogens with one attached hydrogen (secondary N) is 4. The summed E-state index contributed by atoms with van der Waals surface area (Å²) in [5.74, 6) is 3.22. The van der Waals surface area contributed by atoms with Crippen molar-refractivity contribution in [2.75, 3.05) is 0 Å². The molecule has 246 valence electrons. The first-order valence-electron chi connectivity index (χ1n) is 16.8. The minimum atomic E-state index is -0.891. The van der Waals surface area contributed by atoms with E-state index in [2.05, 4.69) is 38.1 Å². The van der Waals surface area contributed by atoms with Crippen LogP contribution in [0.2, 0.25) is 0 Å². The van der Waals surface area contributed by atoms with Crippen LogP contribution in [0, 0.1) is 0 Å². The first kappa shape index (κ1) is 30.0. The molecule has 0 bridgehead atoms. The highest BCUT2D eigenvalue weighted by Crippen LogP contribution is 2.33. The molecule has 0 aliphatic heterocycles. The maximum absolute atomic E-state index is 7.55. The number of imidazole rings is 4. The number of rotatable bonds is 10. The van der Waals surface area contributed by atoms with Crippen LogP contribution in [-0.2, 0) is 36.8 Å². The predicted molar refractivity (Wildman–Crippen MR) is 197 cm³/mol. The van der Waals surface area contributed by atoms with Crippen LogP contribution < -0.4 is 11.5 Å². The number of benzene rings is 5. The molecule has 9 rings (SSSR count). The second kappa shape index (κ2) is 11.8. The quantitative estimate of drug-likeness (QED) is 0.0987. The summed E-state index contributed by atoms with van der Waals surface area (Å²) in [5, 5.41) is 0. The summed E-state index contributed by atoms with van der Waals surface area (Å²) in [6, 6.07) is 40.5. The lowest BCUT2D eigenvalue weighted by Crippen LogP contribution is -2.44. The number of nitrogens with two attached hydrogens (primary N) is 2. The molecule has 10 nitrogen and oxygen atoms in total. The van der Waals surface area contributed by atoms with E-state index >= 15 is 0 Å². The second-order valence-electron chi connectivity index (χ2n) is 13.4. The van der Waals surface area contributed by atoms with Crippen LogP contribution in [0.5, 0.6) is 0 Å². The Bertz CT molecular complexity index is 2160. The van der Waals surface area contributed by atoms with E-state index in [-0.39, 0.29) is 0 Å². The lowest BCUT2D eigenvalue weighted by atomic mass is 9.78. The Labute approximate surface area is 287 Å². The molecule has 0 saturated carbocycles. The van der Waals surface area contributed by atoms with Crippen LogP contribution in [0.3, 0.4) is 0 Å². The third-order valence-corrected chi connectivity index (χ3v) is 9.70. The zero-order valence-electron chi connectivity index (χ0n) is 27.3. The minimum absolute atomic E-state index is 0.451. The fraction of sp³-hybridized carbons (Fsp3) is 0.150. The van der Waals surface area contributed by atoms with Crippen molar-refractivity contribution in [1.82, 2.24) is 39.9 Å². The van der Waals surface area contributed by atoms with E-state index < -0.39 is 11.1 Å². The number of aromatic amines is 4. The van der Waals surface area contributed by atoms with Crippen LogP contribution >= 0.6 is 0 Å². The van der Waals surface area contributed by atoms with E-state index in [4.69, 9.17) is 31.4 Å². The molecular weight excluding hydrogens is 621 g/mol. The fourth-order valence-corrected chi connectivity index (χ4v) is 7.22. The van der Waals surface area contributed by atoms with Crippen molar-refractivity contribution in [3.8, 4) is 0 Å². The Morgan fingerprint density at radius 1 is 0.380 bits per heavy atom. The smallest absolute Gasteiger partial charge is 0.109 e. The molecule has 4 aromatic heterocycles. The van der Waals surface area contributed by atoms with Gasteiger partial charge in [0.25, 0.3) is 0 Å². The van der Waals surface area contributed by atoms with Crippen molar-refractivity contribution in [3.05, 3.63) is 156 Å². The summed E-state index contributed by atoms with van der Waals surface area (Å²) < 4.78 is 0. The lowest BCUT2D eigenvalue weighted by molar-refractivity contribution is 0.406. The van der Waals surface area contributed by atoms with Crippen LogP contribution in [0.25, 0.3) is 44.1 Å². The van der Waals surface area contributed by atoms with E-state index in [0.29, 0.717) is 25.7 Å². The average molecular weight is 657 g/mol. The summed E-state index contributed by atoms with van der Waals surface area (Å²) in [6.07, 6.45) is 1.81. The molecule has 10 heteroatoms. The monoisotopic (exact) mass is 656 g/mol. The summed E-state index contributed by atoms with van der Waals surface area (Å²) in [4.78, 5) is 33.7. The Hall–Kier alpha value is -6.10. The topological polar surface area (TPSA) is 167 Å². The Kier molecular flexibility index (Phi) is 7.08. The minimum Gasteiger partial charge on any atom is -0.342 e. The van der Waals surface area contributed by atoms with E-state index in [1.165, 1.54) is 0 Å². The van der Waals surface area contributed by atoms with Crippen molar-refractivity contribution < 1.29 is 0 Å². The van der Waals surface area contributed by atoms with Gasteiger partial charge in [0.05, 0.1) is 55.2 Å². The summed E-state index contributed by atoms with van der Waals surface area (Å²) >= 11 is 0. The number of aromatic nitrogens is 8. The number of hydrogen-bond donors (Lipinski definition) is 6. The van der Waals surface area contributed by atoms with Gasteiger partial charge in [0.15, 0.2) is 0 Å². The molecule has 0 aliphatic carbocycles. The van der Waals surface area contributed by atoms with Gasteiger partial charge in [0.2, 0.25) is 0 Å². The van der Waals surface area contributed by atoms with Gasteiger partial charge in [0.1, 0.15) is 23.3 Å². The zero-order chi connectivity index (χ0) is 33.7. The molecule has 0 saturated heterocycles. The fourth-order valence-electron chi connectivity index (χ4n) is 7.22. The maximum Gasteiger partial charge on any atom is 0.109 e. The number of nitrogens with zero attached hydrogens (tertiary/aromatic N) is 4. The third-order valence-electron chi connectivity index (χ3n) is 9.70. The first-order valence-corrected chi connectivity index (χ1v) is 16.8. The van der Waals surface area contributed by atoms with Gasteiger partial charge >= 0.3 is 0 Å². The normalized spacial score (nSPS) is 12.5. The zero-order valence-corrected chi connectivity index (χ0v) is 27.3. The number of para-hydroxylation sites is 8. The predicted octanol–water partition coefficient (Wildman–Crippen LogP) is 6.47. The summed E-state index contributed by atoms with van der Waals surface area (Å²) in [6.45, 7) is 0. The Morgan fingerprint density at radius 3 is 0.940 bits per heavy atom. The molecule has 0 amide bonds. The van der Waals surface area contributed by atoms with Crippen LogP contribution in [-0.4, -0.2) is 39.9 Å². The largest absolute Gasteiger partial charge is 0.342 e. The molecule has 0 aliphatic rings. The van der Waals surface area contributed by atoms with Crippen molar-refractivity contribution >= 4 is 44.1 Å². The maximum atomic E-state index is 7.55. The molecular formula is C40H36N10. The van der Waals surface area contributed by atoms with E-state index in [1.54, 1.807) is 0 Å². The Morgan fingerprint density at radius 2 is 0.660 bits per heavy atom. The summed E-state index contributed by atoms with van der Waals surface area (Å²) in [5.41, 5.74) is 22.7. The third kappa shape index (κ3) is 5.60. The molecule has 5 aromatic carbocycles. The number of H-pyrrole nitrogens is 4.